The molecule has 1 aliphatic rings. The zero-order chi connectivity index (χ0) is 15.5. The van der Waals surface area contributed by atoms with Crippen LogP contribution in [0.1, 0.15) is 49.0 Å². The molecule has 1 N–H and O–H groups in total. The summed E-state index contributed by atoms with van der Waals surface area (Å²) < 4.78 is 0. The number of rotatable bonds is 6. The van der Waals surface area contributed by atoms with Crippen molar-refractivity contribution in [3.63, 3.8) is 0 Å². The van der Waals surface area contributed by atoms with E-state index in [-0.39, 0.29) is 5.92 Å². The van der Waals surface area contributed by atoms with Crippen molar-refractivity contribution >= 4 is 23.2 Å². The Balaban J connectivity index is 1.84. The summed E-state index contributed by atoms with van der Waals surface area (Å²) in [7, 11) is 0. The van der Waals surface area contributed by atoms with Gasteiger partial charge in [0.2, 0.25) is 0 Å². The summed E-state index contributed by atoms with van der Waals surface area (Å²) in [6.45, 7) is 0. The lowest BCUT2D eigenvalue weighted by molar-refractivity contribution is 0.136. The number of aliphatic hydroxyl groups excluding tert-OH is 1. The van der Waals surface area contributed by atoms with Crippen LogP contribution >= 0.6 is 23.2 Å². The van der Waals surface area contributed by atoms with Gasteiger partial charge in [-0.1, -0.05) is 48.2 Å². The van der Waals surface area contributed by atoms with Crippen LogP contribution in [0.5, 0.6) is 0 Å². The third-order valence-electron chi connectivity index (χ3n) is 4.28. The van der Waals surface area contributed by atoms with Crippen molar-refractivity contribution in [1.82, 2.24) is 4.98 Å². The molecule has 2 atom stereocenters. The Bertz CT molecular complexity index is 625. The molecule has 0 amide bonds. The number of aromatic nitrogens is 1. The SMILES string of the molecule is O[C@H](c1cccc(Cl)c1)[C@H](CCC1CC1)c1ccc(Cl)cn1. The molecule has 1 aliphatic carbocycles. The smallest absolute Gasteiger partial charge is 0.0874 e. The van der Waals surface area contributed by atoms with E-state index >= 15 is 0 Å². The Kier molecular flexibility index (Phi) is 5.02. The fraction of sp³-hybridized carbons (Fsp3) is 0.389. The molecular weight excluding hydrogens is 317 g/mol. The molecule has 1 saturated carbocycles. The van der Waals surface area contributed by atoms with E-state index in [9.17, 15) is 5.11 Å². The number of hydrogen-bond acceptors (Lipinski definition) is 2. The maximum atomic E-state index is 10.8. The molecule has 116 valence electrons. The summed E-state index contributed by atoms with van der Waals surface area (Å²) in [6.07, 6.45) is 5.72. The Morgan fingerprint density at radius 2 is 1.95 bits per heavy atom. The number of hydrogen-bond donors (Lipinski definition) is 1. The average Bonchev–Trinajstić information content (AvgIpc) is 3.33. The van der Waals surface area contributed by atoms with E-state index in [1.807, 2.05) is 36.4 Å². The van der Waals surface area contributed by atoms with E-state index in [1.165, 1.54) is 12.8 Å². The first kappa shape index (κ1) is 15.8. The van der Waals surface area contributed by atoms with E-state index in [4.69, 9.17) is 23.2 Å². The summed E-state index contributed by atoms with van der Waals surface area (Å²) in [5, 5.41) is 12.1. The predicted molar refractivity (Wildman–Crippen MR) is 90.4 cm³/mol. The number of pyridine rings is 1. The lowest BCUT2D eigenvalue weighted by Gasteiger charge is -2.23. The first-order valence-electron chi connectivity index (χ1n) is 7.68. The summed E-state index contributed by atoms with van der Waals surface area (Å²) in [5.41, 5.74) is 1.72. The standard InChI is InChI=1S/C18H19Cl2NO/c19-14-3-1-2-13(10-14)18(22)16(8-6-12-4-5-12)17-9-7-15(20)11-21-17/h1-3,7,9-12,16,18,22H,4-6,8H2/t16-,18-/m1/s1. The van der Waals surface area contributed by atoms with Gasteiger partial charge in [0.15, 0.2) is 0 Å². The molecule has 0 radical (unpaired) electrons. The molecule has 1 aromatic heterocycles. The Morgan fingerprint density at radius 3 is 2.59 bits per heavy atom. The highest BCUT2D eigenvalue weighted by Crippen LogP contribution is 2.40. The molecule has 0 unspecified atom stereocenters. The zero-order valence-electron chi connectivity index (χ0n) is 12.3. The molecule has 2 aromatic rings. The summed E-state index contributed by atoms with van der Waals surface area (Å²) in [4.78, 5) is 4.42. The Labute approximate surface area is 141 Å². The highest BCUT2D eigenvalue weighted by molar-refractivity contribution is 6.30. The van der Waals surface area contributed by atoms with Crippen molar-refractivity contribution < 1.29 is 5.11 Å². The van der Waals surface area contributed by atoms with Gasteiger partial charge in [-0.25, -0.2) is 0 Å². The molecule has 4 heteroatoms. The highest BCUT2D eigenvalue weighted by atomic mass is 35.5. The second-order valence-electron chi connectivity index (χ2n) is 6.03. The van der Waals surface area contributed by atoms with Crippen molar-refractivity contribution in [2.45, 2.75) is 37.7 Å². The molecule has 0 saturated heterocycles. The fourth-order valence-electron chi connectivity index (χ4n) is 2.82. The fourth-order valence-corrected chi connectivity index (χ4v) is 3.13. The largest absolute Gasteiger partial charge is 0.388 e. The first-order chi connectivity index (χ1) is 10.6. The molecule has 3 rings (SSSR count). The van der Waals surface area contributed by atoms with Crippen LogP contribution in [-0.2, 0) is 0 Å². The van der Waals surface area contributed by atoms with Gasteiger partial charge in [-0.15, -0.1) is 0 Å². The minimum atomic E-state index is -0.605. The van der Waals surface area contributed by atoms with Crippen LogP contribution in [0.4, 0.5) is 0 Å². The molecule has 0 spiro atoms. The van der Waals surface area contributed by atoms with Gasteiger partial charge < -0.3 is 5.11 Å². The summed E-state index contributed by atoms with van der Waals surface area (Å²) in [6, 6.07) is 11.2. The van der Waals surface area contributed by atoms with E-state index in [0.29, 0.717) is 10.0 Å². The van der Waals surface area contributed by atoms with Crippen molar-refractivity contribution in [1.29, 1.82) is 0 Å². The topological polar surface area (TPSA) is 33.1 Å². The number of halogens is 2. The predicted octanol–water partition coefficient (Wildman–Crippen LogP) is 5.40. The Hall–Kier alpha value is -1.09. The molecule has 1 fully saturated rings. The molecule has 0 aliphatic heterocycles. The lowest BCUT2D eigenvalue weighted by atomic mass is 9.88. The van der Waals surface area contributed by atoms with Crippen LogP contribution in [0.25, 0.3) is 0 Å². The average molecular weight is 336 g/mol. The van der Waals surface area contributed by atoms with Crippen molar-refractivity contribution in [3.05, 3.63) is 63.9 Å². The van der Waals surface area contributed by atoms with E-state index in [0.717, 1.165) is 30.0 Å². The zero-order valence-corrected chi connectivity index (χ0v) is 13.8. The first-order valence-corrected chi connectivity index (χ1v) is 8.44. The number of aliphatic hydroxyl groups is 1. The van der Waals surface area contributed by atoms with Crippen LogP contribution < -0.4 is 0 Å². The van der Waals surface area contributed by atoms with Gasteiger partial charge in [-0.05, 0) is 48.6 Å². The second kappa shape index (κ2) is 6.99. The molecule has 22 heavy (non-hydrogen) atoms. The summed E-state index contributed by atoms with van der Waals surface area (Å²) >= 11 is 12.0. The van der Waals surface area contributed by atoms with Gasteiger partial charge >= 0.3 is 0 Å². The van der Waals surface area contributed by atoms with Crippen LogP contribution in [-0.4, -0.2) is 10.1 Å². The van der Waals surface area contributed by atoms with E-state index in [2.05, 4.69) is 4.98 Å². The van der Waals surface area contributed by atoms with Gasteiger partial charge in [0.1, 0.15) is 0 Å². The van der Waals surface area contributed by atoms with E-state index in [1.54, 1.807) is 6.20 Å². The van der Waals surface area contributed by atoms with Gasteiger partial charge in [-0.2, -0.15) is 0 Å². The molecule has 2 nitrogen and oxygen atoms in total. The van der Waals surface area contributed by atoms with Crippen LogP contribution in [0.2, 0.25) is 10.0 Å². The van der Waals surface area contributed by atoms with E-state index < -0.39 is 6.10 Å². The van der Waals surface area contributed by atoms with Crippen LogP contribution in [0.15, 0.2) is 42.6 Å². The van der Waals surface area contributed by atoms with Gasteiger partial charge in [0, 0.05) is 22.8 Å². The highest BCUT2D eigenvalue weighted by Gasteiger charge is 2.28. The maximum absolute atomic E-state index is 10.8. The second-order valence-corrected chi connectivity index (χ2v) is 6.90. The maximum Gasteiger partial charge on any atom is 0.0874 e. The van der Waals surface area contributed by atoms with Crippen LogP contribution in [0.3, 0.4) is 0 Å². The van der Waals surface area contributed by atoms with Gasteiger partial charge in [0.05, 0.1) is 11.1 Å². The summed E-state index contributed by atoms with van der Waals surface area (Å²) in [5.74, 6) is 0.790. The van der Waals surface area contributed by atoms with Crippen molar-refractivity contribution in [3.8, 4) is 0 Å². The molecular formula is C18H19Cl2NO. The lowest BCUT2D eigenvalue weighted by Crippen LogP contribution is -2.13. The van der Waals surface area contributed by atoms with Gasteiger partial charge in [-0.3, -0.25) is 4.98 Å². The minimum Gasteiger partial charge on any atom is -0.388 e. The third-order valence-corrected chi connectivity index (χ3v) is 4.74. The quantitative estimate of drug-likeness (QED) is 0.766. The van der Waals surface area contributed by atoms with Crippen molar-refractivity contribution in [2.75, 3.05) is 0 Å². The monoisotopic (exact) mass is 335 g/mol. The minimum absolute atomic E-state index is 0.0312. The van der Waals surface area contributed by atoms with Gasteiger partial charge in [0.25, 0.3) is 0 Å². The molecule has 0 bridgehead atoms. The molecule has 1 aromatic carbocycles. The number of nitrogens with zero attached hydrogens (tertiary/aromatic N) is 1. The third kappa shape index (κ3) is 4.01. The molecule has 1 heterocycles. The Morgan fingerprint density at radius 1 is 1.14 bits per heavy atom. The normalized spacial score (nSPS) is 17.2. The van der Waals surface area contributed by atoms with Crippen LogP contribution in [0, 0.1) is 5.92 Å². The van der Waals surface area contributed by atoms with Crippen molar-refractivity contribution in [2.24, 2.45) is 5.92 Å². The number of benzene rings is 1.